The van der Waals surface area contributed by atoms with E-state index in [4.69, 9.17) is 9.47 Å². The molecule has 0 unspecified atom stereocenters. The highest BCUT2D eigenvalue weighted by molar-refractivity contribution is 7.21. The van der Waals surface area contributed by atoms with Crippen LogP contribution in [0.15, 0.2) is 12.1 Å². The lowest BCUT2D eigenvalue weighted by Crippen LogP contribution is -1.90. The summed E-state index contributed by atoms with van der Waals surface area (Å²) in [5.41, 5.74) is 0.404. The van der Waals surface area contributed by atoms with Crippen LogP contribution in [0, 0.1) is 0 Å². The summed E-state index contributed by atoms with van der Waals surface area (Å²) < 4.78 is 11.2. The number of hydrogen-bond acceptors (Lipinski definition) is 5. The van der Waals surface area contributed by atoms with Gasteiger partial charge in [0.2, 0.25) is 0 Å². The van der Waals surface area contributed by atoms with Crippen molar-refractivity contribution in [1.82, 2.24) is 0 Å². The Kier molecular flexibility index (Phi) is 3.10. The lowest BCUT2D eigenvalue weighted by molar-refractivity contribution is 0.109. The average Bonchev–Trinajstić information content (AvgIpc) is 2.73. The fourth-order valence-corrected chi connectivity index (χ4v) is 2.67. The Bertz CT molecular complexity index is 586. The average molecular weight is 250 g/mol. The summed E-state index contributed by atoms with van der Waals surface area (Å²) in [4.78, 5) is 22.3. The van der Waals surface area contributed by atoms with Gasteiger partial charge >= 0.3 is 0 Å². The third-order valence-corrected chi connectivity index (χ3v) is 3.58. The predicted molar refractivity (Wildman–Crippen MR) is 65.7 cm³/mol. The smallest absolute Gasteiger partial charge is 0.162 e. The zero-order chi connectivity index (χ0) is 12.4. The molecule has 0 N–H and O–H groups in total. The summed E-state index contributed by atoms with van der Waals surface area (Å²) in [6, 6.07) is 3.47. The van der Waals surface area contributed by atoms with Crippen LogP contribution in [0.25, 0.3) is 10.1 Å². The molecule has 4 nitrogen and oxygen atoms in total. The molecule has 0 bridgehead atoms. The number of carbonyl (C=O) groups excluding carboxylic acids is 2. The molecule has 0 saturated carbocycles. The standard InChI is InChI=1S/C12H10O4S/c1-15-9-3-7-8(5-13)12(6-14)17-11(7)4-10(9)16-2/h3-6H,1-2H3. The number of methoxy groups -OCH3 is 2. The first-order valence-electron chi connectivity index (χ1n) is 4.84. The molecule has 0 atom stereocenters. The molecule has 5 heteroatoms. The van der Waals surface area contributed by atoms with E-state index in [2.05, 4.69) is 0 Å². The fraction of sp³-hybridized carbons (Fsp3) is 0.167. The molecule has 17 heavy (non-hydrogen) atoms. The van der Waals surface area contributed by atoms with Crippen molar-refractivity contribution in [1.29, 1.82) is 0 Å². The second-order valence-electron chi connectivity index (χ2n) is 3.32. The molecule has 0 aliphatic carbocycles. The quantitative estimate of drug-likeness (QED) is 0.782. The molecule has 1 heterocycles. The first-order valence-corrected chi connectivity index (χ1v) is 5.65. The number of benzene rings is 1. The minimum absolute atomic E-state index is 0.404. The van der Waals surface area contributed by atoms with Crippen LogP contribution in [-0.2, 0) is 0 Å². The summed E-state index contributed by atoms with van der Waals surface area (Å²) >= 11 is 1.26. The maximum absolute atomic E-state index is 11.0. The third-order valence-electron chi connectivity index (χ3n) is 2.49. The van der Waals surface area contributed by atoms with E-state index in [0.29, 0.717) is 39.9 Å². The maximum atomic E-state index is 11.0. The van der Waals surface area contributed by atoms with Crippen LogP contribution in [0.4, 0.5) is 0 Å². The van der Waals surface area contributed by atoms with Crippen molar-refractivity contribution in [2.75, 3.05) is 14.2 Å². The van der Waals surface area contributed by atoms with Crippen molar-refractivity contribution >= 4 is 34.0 Å². The van der Waals surface area contributed by atoms with Gasteiger partial charge in [-0.2, -0.15) is 0 Å². The Balaban J connectivity index is 2.80. The molecular weight excluding hydrogens is 240 g/mol. The predicted octanol–water partition coefficient (Wildman–Crippen LogP) is 2.54. The van der Waals surface area contributed by atoms with Gasteiger partial charge in [0.1, 0.15) is 0 Å². The largest absolute Gasteiger partial charge is 0.493 e. The van der Waals surface area contributed by atoms with Gasteiger partial charge in [-0.3, -0.25) is 9.59 Å². The summed E-state index contributed by atoms with van der Waals surface area (Å²) in [6.07, 6.45) is 1.38. The molecule has 1 aromatic carbocycles. The van der Waals surface area contributed by atoms with Gasteiger partial charge in [0.05, 0.1) is 19.1 Å². The Morgan fingerprint density at radius 3 is 2.24 bits per heavy atom. The van der Waals surface area contributed by atoms with Crippen LogP contribution in [0.5, 0.6) is 11.5 Å². The van der Waals surface area contributed by atoms with E-state index in [1.165, 1.54) is 18.4 Å². The lowest BCUT2D eigenvalue weighted by Gasteiger charge is -2.07. The summed E-state index contributed by atoms with van der Waals surface area (Å²) in [5, 5.41) is 0.713. The second-order valence-corrected chi connectivity index (χ2v) is 4.40. The molecule has 0 amide bonds. The van der Waals surface area contributed by atoms with Crippen molar-refractivity contribution < 1.29 is 19.1 Å². The van der Waals surface area contributed by atoms with Crippen LogP contribution < -0.4 is 9.47 Å². The van der Waals surface area contributed by atoms with Gasteiger partial charge in [-0.15, -0.1) is 11.3 Å². The Morgan fingerprint density at radius 2 is 1.71 bits per heavy atom. The molecule has 0 aliphatic rings. The highest BCUT2D eigenvalue weighted by atomic mass is 32.1. The zero-order valence-electron chi connectivity index (χ0n) is 9.35. The van der Waals surface area contributed by atoms with Crippen LogP contribution in [0.3, 0.4) is 0 Å². The number of carbonyl (C=O) groups is 2. The molecule has 2 rings (SSSR count). The lowest BCUT2D eigenvalue weighted by atomic mass is 10.1. The highest BCUT2D eigenvalue weighted by Crippen LogP contribution is 2.38. The van der Waals surface area contributed by atoms with Crippen molar-refractivity contribution in [3.8, 4) is 11.5 Å². The van der Waals surface area contributed by atoms with E-state index in [0.717, 1.165) is 4.70 Å². The van der Waals surface area contributed by atoms with Gasteiger partial charge < -0.3 is 9.47 Å². The van der Waals surface area contributed by atoms with Gasteiger partial charge in [0.25, 0.3) is 0 Å². The van der Waals surface area contributed by atoms with Crippen LogP contribution >= 0.6 is 11.3 Å². The van der Waals surface area contributed by atoms with E-state index in [-0.39, 0.29) is 0 Å². The molecule has 1 aromatic heterocycles. The molecule has 0 aliphatic heterocycles. The fourth-order valence-electron chi connectivity index (χ4n) is 1.67. The first kappa shape index (κ1) is 11.6. The summed E-state index contributed by atoms with van der Waals surface area (Å²) in [6.45, 7) is 0. The summed E-state index contributed by atoms with van der Waals surface area (Å²) in [7, 11) is 3.07. The Morgan fingerprint density at radius 1 is 1.06 bits per heavy atom. The van der Waals surface area contributed by atoms with Crippen molar-refractivity contribution in [2.24, 2.45) is 0 Å². The van der Waals surface area contributed by atoms with Crippen molar-refractivity contribution in [3.63, 3.8) is 0 Å². The van der Waals surface area contributed by atoms with Gasteiger partial charge in [-0.05, 0) is 6.07 Å². The highest BCUT2D eigenvalue weighted by Gasteiger charge is 2.14. The van der Waals surface area contributed by atoms with Gasteiger partial charge in [0.15, 0.2) is 24.1 Å². The molecule has 2 aromatic rings. The Labute approximate surface area is 102 Å². The van der Waals surface area contributed by atoms with Crippen LogP contribution in [0.2, 0.25) is 0 Å². The van der Waals surface area contributed by atoms with Gasteiger partial charge in [-0.25, -0.2) is 0 Å². The zero-order valence-corrected chi connectivity index (χ0v) is 10.2. The first-order chi connectivity index (χ1) is 8.24. The molecule has 0 spiro atoms. The monoisotopic (exact) mass is 250 g/mol. The topological polar surface area (TPSA) is 52.6 Å². The second kappa shape index (κ2) is 4.55. The van der Waals surface area contributed by atoms with Crippen molar-refractivity contribution in [2.45, 2.75) is 0 Å². The number of ether oxygens (including phenoxy) is 2. The van der Waals surface area contributed by atoms with E-state index in [9.17, 15) is 9.59 Å². The number of aldehydes is 2. The molecule has 0 radical (unpaired) electrons. The molecule has 0 saturated heterocycles. The van der Waals surface area contributed by atoms with Crippen LogP contribution in [-0.4, -0.2) is 26.8 Å². The normalized spacial score (nSPS) is 10.2. The maximum Gasteiger partial charge on any atom is 0.162 e. The third kappa shape index (κ3) is 1.78. The molecular formula is C12H10O4S. The van der Waals surface area contributed by atoms with E-state index in [1.54, 1.807) is 19.2 Å². The van der Waals surface area contributed by atoms with E-state index in [1.807, 2.05) is 0 Å². The van der Waals surface area contributed by atoms with Crippen molar-refractivity contribution in [3.05, 3.63) is 22.6 Å². The molecule has 88 valence electrons. The SMILES string of the molecule is COc1cc2sc(C=O)c(C=O)c2cc1OC. The van der Waals surface area contributed by atoms with Gasteiger partial charge in [0, 0.05) is 21.7 Å². The number of hydrogen-bond donors (Lipinski definition) is 0. The molecule has 0 fully saturated rings. The Hall–Kier alpha value is -1.88. The summed E-state index contributed by atoms with van der Waals surface area (Å²) in [5.74, 6) is 1.12. The van der Waals surface area contributed by atoms with Crippen LogP contribution in [0.1, 0.15) is 20.0 Å². The minimum Gasteiger partial charge on any atom is -0.493 e. The minimum atomic E-state index is 0.404. The van der Waals surface area contributed by atoms with E-state index < -0.39 is 0 Å². The van der Waals surface area contributed by atoms with Gasteiger partial charge in [-0.1, -0.05) is 0 Å². The number of rotatable bonds is 4. The number of fused-ring (bicyclic) bond motifs is 1. The van der Waals surface area contributed by atoms with E-state index >= 15 is 0 Å². The number of thiophene rings is 1.